The maximum Gasteiger partial charge on any atom is 0.239 e. The average molecular weight is 154 g/mol. The molecule has 1 aromatic heterocycles. The van der Waals surface area contributed by atoms with Gasteiger partial charge in [-0.3, -0.25) is 0 Å². The molecule has 0 aromatic carbocycles. The van der Waals surface area contributed by atoms with E-state index >= 15 is 0 Å². The van der Waals surface area contributed by atoms with Crippen LogP contribution < -0.4 is 5.73 Å². The minimum Gasteiger partial charge on any atom is -0.367 e. The van der Waals surface area contributed by atoms with Crippen molar-refractivity contribution in [1.82, 2.24) is 14.8 Å². The molecule has 0 radical (unpaired) electrons. The first kappa shape index (κ1) is 8.04. The van der Waals surface area contributed by atoms with Crippen LogP contribution >= 0.6 is 0 Å². The quantitative estimate of drug-likeness (QED) is 0.712. The van der Waals surface area contributed by atoms with Crippen LogP contribution in [-0.4, -0.2) is 14.8 Å². The van der Waals surface area contributed by atoms with Gasteiger partial charge in [0.05, 0.1) is 6.04 Å². The van der Waals surface area contributed by atoms with Gasteiger partial charge in [0, 0.05) is 0 Å². The molecule has 0 bridgehead atoms. The molecule has 0 saturated carbocycles. The molecule has 0 aliphatic rings. The van der Waals surface area contributed by atoms with E-state index in [1.165, 1.54) is 0 Å². The molecule has 0 saturated heterocycles. The lowest BCUT2D eigenvalue weighted by atomic mass is 10.2. The lowest BCUT2D eigenvalue weighted by Crippen LogP contribution is -2.05. The standard InChI is InChI=1S/C7H14N4/c1-3-4-6(2)11-5-9-7(8)10-11/h5-6H,3-4H2,1-2H3,(H2,8,10). The Morgan fingerprint density at radius 1 is 1.73 bits per heavy atom. The fraction of sp³-hybridized carbons (Fsp3) is 0.714. The van der Waals surface area contributed by atoms with E-state index in [1.54, 1.807) is 11.0 Å². The van der Waals surface area contributed by atoms with Crippen molar-refractivity contribution in [3.63, 3.8) is 0 Å². The van der Waals surface area contributed by atoms with Gasteiger partial charge in [-0.2, -0.15) is 0 Å². The summed E-state index contributed by atoms with van der Waals surface area (Å²) in [5, 5.41) is 4.01. The molecule has 4 heteroatoms. The van der Waals surface area contributed by atoms with Crippen molar-refractivity contribution in [3.05, 3.63) is 6.33 Å². The normalized spacial score (nSPS) is 13.3. The smallest absolute Gasteiger partial charge is 0.239 e. The first-order valence-electron chi connectivity index (χ1n) is 3.90. The zero-order valence-electron chi connectivity index (χ0n) is 6.99. The number of nitrogens with two attached hydrogens (primary N) is 1. The number of nitrogen functional groups attached to an aromatic ring is 1. The predicted molar refractivity (Wildman–Crippen MR) is 44.1 cm³/mol. The predicted octanol–water partition coefficient (Wildman–Crippen LogP) is 1.22. The van der Waals surface area contributed by atoms with Gasteiger partial charge in [0.2, 0.25) is 5.95 Å². The Bertz CT molecular complexity index is 218. The second-order valence-corrected chi connectivity index (χ2v) is 2.72. The van der Waals surface area contributed by atoms with E-state index in [9.17, 15) is 0 Å². The molecule has 0 aliphatic carbocycles. The second kappa shape index (κ2) is 3.37. The third-order valence-corrected chi connectivity index (χ3v) is 1.68. The fourth-order valence-corrected chi connectivity index (χ4v) is 1.05. The maximum absolute atomic E-state index is 5.37. The van der Waals surface area contributed by atoms with E-state index < -0.39 is 0 Å². The van der Waals surface area contributed by atoms with Gasteiger partial charge in [0.25, 0.3) is 0 Å². The van der Waals surface area contributed by atoms with Gasteiger partial charge in [-0.1, -0.05) is 13.3 Å². The highest BCUT2D eigenvalue weighted by Crippen LogP contribution is 2.10. The molecule has 1 unspecified atom stereocenters. The number of nitrogens with zero attached hydrogens (tertiary/aromatic N) is 3. The highest BCUT2D eigenvalue weighted by molar-refractivity contribution is 5.09. The molecular formula is C7H14N4. The Kier molecular flexibility index (Phi) is 2.46. The number of anilines is 1. The Hall–Kier alpha value is -1.06. The molecule has 11 heavy (non-hydrogen) atoms. The Morgan fingerprint density at radius 2 is 2.45 bits per heavy atom. The lowest BCUT2D eigenvalue weighted by Gasteiger charge is -2.08. The van der Waals surface area contributed by atoms with Gasteiger partial charge in [0.1, 0.15) is 6.33 Å². The van der Waals surface area contributed by atoms with Crippen LogP contribution in [-0.2, 0) is 0 Å². The van der Waals surface area contributed by atoms with Crippen LogP contribution in [0.15, 0.2) is 6.33 Å². The van der Waals surface area contributed by atoms with E-state index in [0.717, 1.165) is 12.8 Å². The van der Waals surface area contributed by atoms with Crippen LogP contribution in [0.5, 0.6) is 0 Å². The van der Waals surface area contributed by atoms with Crippen LogP contribution in [0.3, 0.4) is 0 Å². The van der Waals surface area contributed by atoms with Gasteiger partial charge < -0.3 is 5.73 Å². The van der Waals surface area contributed by atoms with E-state index in [2.05, 4.69) is 23.9 Å². The number of hydrogen-bond donors (Lipinski definition) is 1. The highest BCUT2D eigenvalue weighted by atomic mass is 15.4. The molecule has 1 heterocycles. The third-order valence-electron chi connectivity index (χ3n) is 1.68. The number of hydrogen-bond acceptors (Lipinski definition) is 3. The van der Waals surface area contributed by atoms with Crippen molar-refractivity contribution in [2.75, 3.05) is 5.73 Å². The summed E-state index contributed by atoms with van der Waals surface area (Å²) in [6.07, 6.45) is 3.94. The minimum atomic E-state index is 0.355. The van der Waals surface area contributed by atoms with Gasteiger partial charge in [-0.25, -0.2) is 9.67 Å². The van der Waals surface area contributed by atoms with Crippen LogP contribution in [0.2, 0.25) is 0 Å². The summed E-state index contributed by atoms with van der Waals surface area (Å²) in [5.74, 6) is 0.355. The first-order valence-corrected chi connectivity index (χ1v) is 3.90. The fourth-order valence-electron chi connectivity index (χ4n) is 1.05. The van der Waals surface area contributed by atoms with E-state index in [1.807, 2.05) is 0 Å². The summed E-state index contributed by atoms with van der Waals surface area (Å²) < 4.78 is 1.80. The minimum absolute atomic E-state index is 0.355. The van der Waals surface area contributed by atoms with Gasteiger partial charge in [-0.15, -0.1) is 5.10 Å². The summed E-state index contributed by atoms with van der Waals surface area (Å²) in [4.78, 5) is 3.85. The molecule has 1 rings (SSSR count). The van der Waals surface area contributed by atoms with E-state index in [4.69, 9.17) is 5.73 Å². The monoisotopic (exact) mass is 154 g/mol. The molecule has 2 N–H and O–H groups in total. The van der Waals surface area contributed by atoms with Crippen molar-refractivity contribution in [3.8, 4) is 0 Å². The zero-order chi connectivity index (χ0) is 8.27. The van der Waals surface area contributed by atoms with Gasteiger partial charge >= 0.3 is 0 Å². The molecule has 4 nitrogen and oxygen atoms in total. The molecule has 62 valence electrons. The maximum atomic E-state index is 5.37. The summed E-state index contributed by atoms with van der Waals surface area (Å²) in [6, 6.07) is 0.407. The van der Waals surface area contributed by atoms with Crippen molar-refractivity contribution in [2.45, 2.75) is 32.7 Å². The Labute approximate surface area is 66.4 Å². The van der Waals surface area contributed by atoms with Crippen LogP contribution in [0.4, 0.5) is 5.95 Å². The molecule has 0 aliphatic heterocycles. The summed E-state index contributed by atoms with van der Waals surface area (Å²) in [7, 11) is 0. The topological polar surface area (TPSA) is 56.7 Å². The Balaban J connectivity index is 2.60. The molecule has 1 atom stereocenters. The molecule has 0 spiro atoms. The SMILES string of the molecule is CCCC(C)n1cnc(N)n1. The second-order valence-electron chi connectivity index (χ2n) is 2.72. The van der Waals surface area contributed by atoms with Crippen LogP contribution in [0.25, 0.3) is 0 Å². The summed E-state index contributed by atoms with van der Waals surface area (Å²) >= 11 is 0. The summed E-state index contributed by atoms with van der Waals surface area (Å²) in [6.45, 7) is 4.26. The molecule has 0 amide bonds. The first-order chi connectivity index (χ1) is 5.24. The number of rotatable bonds is 3. The largest absolute Gasteiger partial charge is 0.367 e. The van der Waals surface area contributed by atoms with Crippen molar-refractivity contribution >= 4 is 5.95 Å². The van der Waals surface area contributed by atoms with Gasteiger partial charge in [0.15, 0.2) is 0 Å². The molecule has 1 aromatic rings. The van der Waals surface area contributed by atoms with Crippen molar-refractivity contribution in [1.29, 1.82) is 0 Å². The van der Waals surface area contributed by atoms with Crippen LogP contribution in [0.1, 0.15) is 32.7 Å². The van der Waals surface area contributed by atoms with E-state index in [-0.39, 0.29) is 0 Å². The van der Waals surface area contributed by atoms with E-state index in [0.29, 0.717) is 12.0 Å². The average Bonchev–Trinajstić information content (AvgIpc) is 2.36. The van der Waals surface area contributed by atoms with Crippen molar-refractivity contribution < 1.29 is 0 Å². The zero-order valence-corrected chi connectivity index (χ0v) is 6.99. The molecular weight excluding hydrogens is 140 g/mol. The van der Waals surface area contributed by atoms with Crippen LogP contribution in [0, 0.1) is 0 Å². The Morgan fingerprint density at radius 3 is 2.91 bits per heavy atom. The highest BCUT2D eigenvalue weighted by Gasteiger charge is 2.03. The third kappa shape index (κ3) is 1.93. The lowest BCUT2D eigenvalue weighted by molar-refractivity contribution is 0.455. The number of aromatic nitrogens is 3. The van der Waals surface area contributed by atoms with Crippen molar-refractivity contribution in [2.24, 2.45) is 0 Å². The summed E-state index contributed by atoms with van der Waals surface area (Å²) in [5.41, 5.74) is 5.37. The molecule has 0 fully saturated rings. The van der Waals surface area contributed by atoms with Gasteiger partial charge in [-0.05, 0) is 13.3 Å².